The second kappa shape index (κ2) is 10.5. The van der Waals surface area contributed by atoms with E-state index in [-0.39, 0.29) is 23.8 Å². The molecule has 7 heteroatoms. The third-order valence-electron chi connectivity index (χ3n) is 5.48. The molecule has 0 spiro atoms. The lowest BCUT2D eigenvalue weighted by molar-refractivity contribution is -0.126. The van der Waals surface area contributed by atoms with Crippen LogP contribution < -0.4 is 10.6 Å². The Bertz CT molecular complexity index is 987. The molecule has 1 saturated heterocycles. The van der Waals surface area contributed by atoms with Gasteiger partial charge in [-0.1, -0.05) is 29.8 Å². The van der Waals surface area contributed by atoms with Gasteiger partial charge in [0, 0.05) is 36.8 Å². The van der Waals surface area contributed by atoms with E-state index in [1.165, 1.54) is 0 Å². The average molecular weight is 452 g/mol. The van der Waals surface area contributed by atoms with Crippen LogP contribution in [0.4, 0.5) is 10.5 Å². The number of benzene rings is 2. The Kier molecular flexibility index (Phi) is 7.74. The molecule has 2 aromatic rings. The molecule has 7 nitrogen and oxygen atoms in total. The van der Waals surface area contributed by atoms with E-state index in [2.05, 4.69) is 10.6 Å². The van der Waals surface area contributed by atoms with E-state index < -0.39 is 5.60 Å². The molecular weight excluding hydrogens is 418 g/mol. The zero-order valence-electron chi connectivity index (χ0n) is 19.8. The number of likely N-dealkylation sites (tertiary alicyclic amines) is 1. The van der Waals surface area contributed by atoms with Crippen molar-refractivity contribution in [2.75, 3.05) is 18.4 Å². The average Bonchev–Trinajstić information content (AvgIpc) is 2.77. The van der Waals surface area contributed by atoms with Crippen LogP contribution in [0.1, 0.15) is 55.1 Å². The molecule has 0 unspecified atom stereocenters. The van der Waals surface area contributed by atoms with Gasteiger partial charge in [0.25, 0.3) is 5.91 Å². The van der Waals surface area contributed by atoms with E-state index >= 15 is 0 Å². The molecule has 1 heterocycles. The van der Waals surface area contributed by atoms with Crippen LogP contribution in [0.15, 0.2) is 48.5 Å². The van der Waals surface area contributed by atoms with Gasteiger partial charge in [-0.15, -0.1) is 0 Å². The number of carbonyl (C=O) groups excluding carboxylic acids is 3. The van der Waals surface area contributed by atoms with Crippen LogP contribution in [0.25, 0.3) is 0 Å². The number of nitrogens with zero attached hydrogens (tertiary/aromatic N) is 1. The topological polar surface area (TPSA) is 87.7 Å². The van der Waals surface area contributed by atoms with Gasteiger partial charge in [0.2, 0.25) is 5.91 Å². The first-order valence-corrected chi connectivity index (χ1v) is 11.3. The van der Waals surface area contributed by atoms with Gasteiger partial charge >= 0.3 is 6.09 Å². The van der Waals surface area contributed by atoms with Crippen LogP contribution in [0.5, 0.6) is 0 Å². The van der Waals surface area contributed by atoms with E-state index in [9.17, 15) is 14.4 Å². The third kappa shape index (κ3) is 7.34. The fourth-order valence-corrected chi connectivity index (χ4v) is 3.65. The van der Waals surface area contributed by atoms with Crippen molar-refractivity contribution in [2.45, 2.75) is 52.7 Å². The molecule has 33 heavy (non-hydrogen) atoms. The number of nitrogens with one attached hydrogen (secondary N) is 2. The Labute approximate surface area is 195 Å². The monoisotopic (exact) mass is 451 g/mol. The number of anilines is 1. The fraction of sp³-hybridized carbons (Fsp3) is 0.423. The fourth-order valence-electron chi connectivity index (χ4n) is 3.65. The zero-order valence-corrected chi connectivity index (χ0v) is 19.8. The first-order valence-electron chi connectivity index (χ1n) is 11.3. The van der Waals surface area contributed by atoms with Crippen LogP contribution in [-0.2, 0) is 16.1 Å². The Morgan fingerprint density at radius 3 is 2.33 bits per heavy atom. The lowest BCUT2D eigenvalue weighted by atomic mass is 9.96. The van der Waals surface area contributed by atoms with Gasteiger partial charge in [0.1, 0.15) is 5.60 Å². The van der Waals surface area contributed by atoms with Crippen molar-refractivity contribution in [1.82, 2.24) is 10.2 Å². The number of ether oxygens (including phenoxy) is 1. The highest BCUT2D eigenvalue weighted by Gasteiger charge is 2.29. The summed E-state index contributed by atoms with van der Waals surface area (Å²) < 4.78 is 5.41. The van der Waals surface area contributed by atoms with Crippen molar-refractivity contribution in [2.24, 2.45) is 5.92 Å². The Balaban J connectivity index is 1.47. The number of amides is 3. The summed E-state index contributed by atoms with van der Waals surface area (Å²) in [5, 5.41) is 5.88. The minimum absolute atomic E-state index is 0.0204. The molecule has 1 aliphatic heterocycles. The molecule has 0 aliphatic carbocycles. The molecule has 0 radical (unpaired) electrons. The summed E-state index contributed by atoms with van der Waals surface area (Å²) in [6, 6.07) is 14.8. The number of rotatable bonds is 5. The number of hydrogen-bond donors (Lipinski definition) is 2. The smallest absolute Gasteiger partial charge is 0.410 e. The minimum atomic E-state index is -0.528. The predicted molar refractivity (Wildman–Crippen MR) is 128 cm³/mol. The maximum absolute atomic E-state index is 12.6. The van der Waals surface area contributed by atoms with Crippen molar-refractivity contribution < 1.29 is 19.1 Å². The Morgan fingerprint density at radius 2 is 1.70 bits per heavy atom. The van der Waals surface area contributed by atoms with E-state index in [0.717, 1.165) is 11.1 Å². The summed E-state index contributed by atoms with van der Waals surface area (Å²) in [7, 11) is 0. The van der Waals surface area contributed by atoms with Crippen LogP contribution in [0.2, 0.25) is 0 Å². The zero-order chi connectivity index (χ0) is 24.0. The summed E-state index contributed by atoms with van der Waals surface area (Å²) >= 11 is 0. The van der Waals surface area contributed by atoms with Crippen molar-refractivity contribution >= 4 is 23.6 Å². The van der Waals surface area contributed by atoms with Gasteiger partial charge in [0.15, 0.2) is 0 Å². The predicted octanol–water partition coefficient (Wildman–Crippen LogP) is 4.51. The number of aryl methyl sites for hydroxylation is 1. The highest BCUT2D eigenvalue weighted by Crippen LogP contribution is 2.20. The molecule has 0 bridgehead atoms. The highest BCUT2D eigenvalue weighted by atomic mass is 16.6. The molecule has 1 fully saturated rings. The first-order chi connectivity index (χ1) is 15.6. The SMILES string of the molecule is Cc1ccc(C(=O)Nc2cccc(CNC(=O)C3CCN(C(=O)OC(C)(C)C)CC3)c2)cc1. The molecule has 2 N–H and O–H groups in total. The number of hydrogen-bond acceptors (Lipinski definition) is 4. The second-order valence-corrected chi connectivity index (χ2v) is 9.48. The Morgan fingerprint density at radius 1 is 1.03 bits per heavy atom. The normalized spacial score (nSPS) is 14.5. The van der Waals surface area contributed by atoms with E-state index in [1.54, 1.807) is 17.0 Å². The quantitative estimate of drug-likeness (QED) is 0.700. The summed E-state index contributed by atoms with van der Waals surface area (Å²) in [5.41, 5.74) is 2.74. The molecule has 1 aliphatic rings. The van der Waals surface area contributed by atoms with Crippen molar-refractivity contribution in [3.05, 3.63) is 65.2 Å². The van der Waals surface area contributed by atoms with Crippen LogP contribution in [-0.4, -0.2) is 41.5 Å². The lowest BCUT2D eigenvalue weighted by Crippen LogP contribution is -2.44. The van der Waals surface area contributed by atoms with Crippen molar-refractivity contribution in [1.29, 1.82) is 0 Å². The molecule has 0 aromatic heterocycles. The molecule has 0 saturated carbocycles. The van der Waals surface area contributed by atoms with Crippen molar-refractivity contribution in [3.63, 3.8) is 0 Å². The second-order valence-electron chi connectivity index (χ2n) is 9.48. The van der Waals surface area contributed by atoms with Gasteiger partial charge in [0.05, 0.1) is 0 Å². The maximum atomic E-state index is 12.6. The van der Waals surface area contributed by atoms with Gasteiger partial charge in [-0.05, 0) is 70.4 Å². The summed E-state index contributed by atoms with van der Waals surface area (Å²) in [6.45, 7) is 8.89. The van der Waals surface area contributed by atoms with E-state index in [0.29, 0.717) is 43.7 Å². The van der Waals surface area contributed by atoms with Gasteiger partial charge in [-0.3, -0.25) is 9.59 Å². The lowest BCUT2D eigenvalue weighted by Gasteiger charge is -2.32. The largest absolute Gasteiger partial charge is 0.444 e. The standard InChI is InChI=1S/C26H33N3O4/c1-18-8-10-20(11-9-18)24(31)28-22-7-5-6-19(16-22)17-27-23(30)21-12-14-29(15-13-21)25(32)33-26(2,3)4/h5-11,16,21H,12-15,17H2,1-4H3,(H,27,30)(H,28,31). The molecule has 176 valence electrons. The molecular formula is C26H33N3O4. The molecule has 2 aromatic carbocycles. The number of piperidine rings is 1. The molecule has 0 atom stereocenters. The van der Waals surface area contributed by atoms with Gasteiger partial charge < -0.3 is 20.3 Å². The number of carbonyl (C=O) groups is 3. The first kappa shape index (κ1) is 24.3. The van der Waals surface area contributed by atoms with Crippen molar-refractivity contribution in [3.8, 4) is 0 Å². The molecule has 3 rings (SSSR count). The van der Waals surface area contributed by atoms with E-state index in [1.807, 2.05) is 64.1 Å². The maximum Gasteiger partial charge on any atom is 0.410 e. The van der Waals surface area contributed by atoms with Gasteiger partial charge in [-0.2, -0.15) is 0 Å². The summed E-state index contributed by atoms with van der Waals surface area (Å²) in [6.07, 6.45) is 0.890. The van der Waals surface area contributed by atoms with Crippen LogP contribution in [0.3, 0.4) is 0 Å². The van der Waals surface area contributed by atoms with Gasteiger partial charge in [-0.25, -0.2) is 4.79 Å². The minimum Gasteiger partial charge on any atom is -0.444 e. The Hall–Kier alpha value is -3.35. The summed E-state index contributed by atoms with van der Waals surface area (Å²) in [4.78, 5) is 38.9. The molecule has 3 amide bonds. The third-order valence-corrected chi connectivity index (χ3v) is 5.48. The van der Waals surface area contributed by atoms with Crippen LogP contribution >= 0.6 is 0 Å². The van der Waals surface area contributed by atoms with Crippen LogP contribution in [0, 0.1) is 12.8 Å². The highest BCUT2D eigenvalue weighted by molar-refractivity contribution is 6.04. The summed E-state index contributed by atoms with van der Waals surface area (Å²) in [5.74, 6) is -0.325. The van der Waals surface area contributed by atoms with E-state index in [4.69, 9.17) is 4.74 Å².